The van der Waals surface area contributed by atoms with E-state index >= 15 is 0 Å². The van der Waals surface area contributed by atoms with Crippen molar-refractivity contribution in [3.05, 3.63) is 41.4 Å². The number of hydrogen-bond donors (Lipinski definition) is 2. The van der Waals surface area contributed by atoms with Gasteiger partial charge in [-0.1, -0.05) is 18.2 Å². The Hall–Kier alpha value is -1.92. The summed E-state index contributed by atoms with van der Waals surface area (Å²) >= 11 is 1.42. The largest absolute Gasteiger partial charge is 0.376 e. The van der Waals surface area contributed by atoms with Gasteiger partial charge in [-0.3, -0.25) is 4.79 Å². The van der Waals surface area contributed by atoms with Gasteiger partial charge < -0.3 is 15.4 Å². The number of nitrogens with one attached hydrogen (secondary N) is 2. The number of nitrogens with zero attached hydrogens (tertiary/aromatic N) is 1. The van der Waals surface area contributed by atoms with E-state index in [0.717, 1.165) is 25.1 Å². The van der Waals surface area contributed by atoms with Crippen LogP contribution in [0.1, 0.15) is 23.3 Å². The molecule has 1 aliphatic rings. The third kappa shape index (κ3) is 3.80. The summed E-state index contributed by atoms with van der Waals surface area (Å²) in [5.74, 6) is -0.150. The number of hydrogen-bond acceptors (Lipinski definition) is 5. The summed E-state index contributed by atoms with van der Waals surface area (Å²) in [5.41, 5.74) is 1.40. The van der Waals surface area contributed by atoms with Crippen molar-refractivity contribution in [2.24, 2.45) is 0 Å². The number of benzene rings is 1. The molecule has 6 heteroatoms. The van der Waals surface area contributed by atoms with Crippen LogP contribution in [0.4, 0.5) is 10.8 Å². The molecule has 1 atom stereocenters. The highest BCUT2D eigenvalue weighted by atomic mass is 32.1. The summed E-state index contributed by atoms with van der Waals surface area (Å²) in [6.07, 6.45) is 2.23. The zero-order chi connectivity index (χ0) is 14.5. The van der Waals surface area contributed by atoms with Gasteiger partial charge in [0.2, 0.25) is 0 Å². The topological polar surface area (TPSA) is 63.2 Å². The van der Waals surface area contributed by atoms with Crippen molar-refractivity contribution in [2.45, 2.75) is 18.9 Å². The molecular weight excluding hydrogens is 286 g/mol. The highest BCUT2D eigenvalue weighted by molar-refractivity contribution is 7.14. The van der Waals surface area contributed by atoms with E-state index in [4.69, 9.17) is 4.74 Å². The number of thiazole rings is 1. The fourth-order valence-electron chi connectivity index (χ4n) is 2.18. The third-order valence-electron chi connectivity index (χ3n) is 3.28. The van der Waals surface area contributed by atoms with Gasteiger partial charge in [0.05, 0.1) is 6.10 Å². The van der Waals surface area contributed by atoms with Gasteiger partial charge in [0.15, 0.2) is 5.13 Å². The second-order valence-electron chi connectivity index (χ2n) is 4.87. The molecule has 1 aliphatic heterocycles. The smallest absolute Gasteiger partial charge is 0.270 e. The lowest BCUT2D eigenvalue weighted by molar-refractivity contribution is 0.0854. The average molecular weight is 303 g/mol. The predicted octanol–water partition coefficient (Wildman–Crippen LogP) is 2.80. The van der Waals surface area contributed by atoms with E-state index in [0.29, 0.717) is 17.4 Å². The van der Waals surface area contributed by atoms with Crippen molar-refractivity contribution in [2.75, 3.05) is 18.5 Å². The highest BCUT2D eigenvalue weighted by Gasteiger charge is 2.17. The van der Waals surface area contributed by atoms with E-state index in [-0.39, 0.29) is 12.0 Å². The molecule has 5 nitrogen and oxygen atoms in total. The molecule has 1 aromatic heterocycles. The Bertz CT molecular complexity index is 594. The quantitative estimate of drug-likeness (QED) is 0.891. The fraction of sp³-hybridized carbons (Fsp3) is 0.333. The van der Waals surface area contributed by atoms with Gasteiger partial charge in [0.25, 0.3) is 5.91 Å². The van der Waals surface area contributed by atoms with E-state index in [1.54, 1.807) is 5.38 Å². The fourth-order valence-corrected chi connectivity index (χ4v) is 2.89. The van der Waals surface area contributed by atoms with Crippen molar-refractivity contribution < 1.29 is 9.53 Å². The molecule has 2 heterocycles. The summed E-state index contributed by atoms with van der Waals surface area (Å²) < 4.78 is 5.48. The van der Waals surface area contributed by atoms with Gasteiger partial charge in [0.1, 0.15) is 5.69 Å². The predicted molar refractivity (Wildman–Crippen MR) is 83.1 cm³/mol. The highest BCUT2D eigenvalue weighted by Crippen LogP contribution is 2.20. The third-order valence-corrected chi connectivity index (χ3v) is 4.03. The number of para-hydroxylation sites is 1. The van der Waals surface area contributed by atoms with Crippen molar-refractivity contribution in [1.29, 1.82) is 0 Å². The molecule has 0 spiro atoms. The van der Waals surface area contributed by atoms with Crippen molar-refractivity contribution in [3.8, 4) is 0 Å². The average Bonchev–Trinajstić information content (AvgIpc) is 3.17. The van der Waals surface area contributed by atoms with E-state index in [1.165, 1.54) is 11.3 Å². The van der Waals surface area contributed by atoms with Gasteiger partial charge in [-0.05, 0) is 25.0 Å². The van der Waals surface area contributed by atoms with Gasteiger partial charge in [-0.25, -0.2) is 4.98 Å². The Morgan fingerprint density at radius 1 is 1.38 bits per heavy atom. The van der Waals surface area contributed by atoms with Crippen LogP contribution >= 0.6 is 11.3 Å². The number of carbonyl (C=O) groups is 1. The Morgan fingerprint density at radius 2 is 2.24 bits per heavy atom. The molecule has 0 radical (unpaired) electrons. The number of carbonyl (C=O) groups excluding carboxylic acids is 1. The number of amides is 1. The Balaban J connectivity index is 1.55. The van der Waals surface area contributed by atoms with Crippen molar-refractivity contribution >= 4 is 28.1 Å². The molecule has 1 aromatic carbocycles. The van der Waals surface area contributed by atoms with Crippen molar-refractivity contribution in [1.82, 2.24) is 10.3 Å². The number of aromatic nitrogens is 1. The van der Waals surface area contributed by atoms with Crippen LogP contribution in [0.3, 0.4) is 0 Å². The summed E-state index contributed by atoms with van der Waals surface area (Å²) in [6.45, 7) is 1.35. The summed E-state index contributed by atoms with van der Waals surface area (Å²) in [6, 6.07) is 9.77. The molecule has 3 rings (SSSR count). The molecule has 21 heavy (non-hydrogen) atoms. The van der Waals surface area contributed by atoms with Crippen molar-refractivity contribution in [3.63, 3.8) is 0 Å². The second kappa shape index (κ2) is 6.69. The van der Waals surface area contributed by atoms with Crippen LogP contribution in [0, 0.1) is 0 Å². The molecule has 110 valence electrons. The summed E-state index contributed by atoms with van der Waals surface area (Å²) in [4.78, 5) is 16.3. The molecule has 2 N–H and O–H groups in total. The molecule has 1 amide bonds. The van der Waals surface area contributed by atoms with Crippen LogP contribution in [0.15, 0.2) is 35.7 Å². The van der Waals surface area contributed by atoms with Crippen LogP contribution in [0.2, 0.25) is 0 Å². The molecule has 1 saturated heterocycles. The Morgan fingerprint density at radius 3 is 3.00 bits per heavy atom. The maximum Gasteiger partial charge on any atom is 0.270 e. The van der Waals surface area contributed by atoms with Gasteiger partial charge in [0, 0.05) is 24.2 Å². The lowest BCUT2D eigenvalue weighted by atomic mass is 10.2. The van der Waals surface area contributed by atoms with E-state index in [9.17, 15) is 4.79 Å². The minimum atomic E-state index is -0.150. The minimum Gasteiger partial charge on any atom is -0.376 e. The van der Waals surface area contributed by atoms with Crippen LogP contribution in [0.5, 0.6) is 0 Å². The summed E-state index contributed by atoms with van der Waals surface area (Å²) in [7, 11) is 0. The normalized spacial score (nSPS) is 17.6. The van der Waals surface area contributed by atoms with Gasteiger partial charge in [-0.2, -0.15) is 0 Å². The monoisotopic (exact) mass is 303 g/mol. The lowest BCUT2D eigenvalue weighted by Crippen LogP contribution is -2.31. The van der Waals surface area contributed by atoms with Gasteiger partial charge >= 0.3 is 0 Å². The first-order valence-corrected chi connectivity index (χ1v) is 7.86. The number of anilines is 2. The lowest BCUT2D eigenvalue weighted by Gasteiger charge is -2.09. The zero-order valence-electron chi connectivity index (χ0n) is 11.5. The maximum atomic E-state index is 12.0. The molecule has 1 fully saturated rings. The SMILES string of the molecule is O=C(NC[C@H]1CCCO1)c1csc(Nc2ccccc2)n1. The van der Waals surface area contributed by atoms with Gasteiger partial charge in [-0.15, -0.1) is 11.3 Å². The molecular formula is C15H17N3O2S. The van der Waals surface area contributed by atoms with Crippen LogP contribution in [-0.2, 0) is 4.74 Å². The maximum absolute atomic E-state index is 12.0. The standard InChI is InChI=1S/C15H17N3O2S/c19-14(16-9-12-7-4-8-20-12)13-10-21-15(18-13)17-11-5-2-1-3-6-11/h1-3,5-6,10,12H,4,7-9H2,(H,16,19)(H,17,18)/t12-/m1/s1. The Kier molecular flexibility index (Phi) is 4.47. The second-order valence-corrected chi connectivity index (χ2v) is 5.73. The molecule has 0 saturated carbocycles. The van der Waals surface area contributed by atoms with Crippen LogP contribution in [-0.4, -0.2) is 30.1 Å². The number of ether oxygens (including phenoxy) is 1. The van der Waals surface area contributed by atoms with Crippen LogP contribution < -0.4 is 10.6 Å². The first kappa shape index (κ1) is 14.0. The molecule has 0 unspecified atom stereocenters. The first-order valence-electron chi connectivity index (χ1n) is 6.98. The molecule has 0 bridgehead atoms. The first-order chi connectivity index (χ1) is 10.3. The van der Waals surface area contributed by atoms with E-state index in [2.05, 4.69) is 15.6 Å². The Labute approximate surface area is 127 Å². The van der Waals surface area contributed by atoms with E-state index < -0.39 is 0 Å². The van der Waals surface area contributed by atoms with E-state index in [1.807, 2.05) is 30.3 Å². The van der Waals surface area contributed by atoms with Crippen LogP contribution in [0.25, 0.3) is 0 Å². The minimum absolute atomic E-state index is 0.148. The summed E-state index contributed by atoms with van der Waals surface area (Å²) in [5, 5.41) is 8.52. The zero-order valence-corrected chi connectivity index (χ0v) is 12.4. The molecule has 0 aliphatic carbocycles. The number of rotatable bonds is 5. The molecule has 2 aromatic rings.